The van der Waals surface area contributed by atoms with Crippen LogP contribution in [0.3, 0.4) is 0 Å². The molecule has 0 fully saturated rings. The Hall–Kier alpha value is -7.42. The topological polar surface area (TPSA) is 51.5 Å². The van der Waals surface area contributed by atoms with Crippen molar-refractivity contribution in [2.45, 2.75) is 13.8 Å². The predicted octanol–water partition coefficient (Wildman–Crippen LogP) is 12.5. The smallest absolute Gasteiger partial charge is 0.104 e. The number of rotatable bonds is 4. The molecule has 7 aromatic carbocycles. The Morgan fingerprint density at radius 2 is 0.891 bits per heavy atom. The summed E-state index contributed by atoms with van der Waals surface area (Å²) in [7, 11) is 0. The Morgan fingerprint density at radius 1 is 0.436 bits per heavy atom. The van der Waals surface area contributed by atoms with Crippen molar-refractivity contribution in [2.24, 2.45) is 0 Å². The molecule has 0 saturated heterocycles. The summed E-state index contributed by atoms with van der Waals surface area (Å²) in [6.45, 7) is 4.27. The molecule has 4 heterocycles. The number of aromatic nitrogens is 4. The van der Waals surface area contributed by atoms with E-state index < -0.39 is 0 Å². The van der Waals surface area contributed by atoms with E-state index in [1.807, 2.05) is 12.4 Å². The number of benzene rings is 7. The first kappa shape index (κ1) is 31.1. The van der Waals surface area contributed by atoms with Crippen LogP contribution in [0.1, 0.15) is 16.7 Å². The van der Waals surface area contributed by atoms with Crippen LogP contribution < -0.4 is 0 Å². The van der Waals surface area contributed by atoms with Crippen molar-refractivity contribution in [1.82, 2.24) is 18.7 Å². The van der Waals surface area contributed by atoms with E-state index in [1.165, 1.54) is 11.1 Å². The molecule has 4 aromatic heterocycles. The van der Waals surface area contributed by atoms with Crippen LogP contribution in [0.5, 0.6) is 0 Å². The minimum absolute atomic E-state index is 0.607. The summed E-state index contributed by atoms with van der Waals surface area (Å²) in [5.41, 5.74) is 14.2. The molecular weight excluding hydrogens is 671 g/mol. The third-order valence-corrected chi connectivity index (χ3v) is 11.3. The fraction of sp³-hybridized carbons (Fsp3) is 0.0400. The number of hydrogen-bond donors (Lipinski definition) is 0. The lowest BCUT2D eigenvalue weighted by molar-refractivity contribution is 1.11. The summed E-state index contributed by atoms with van der Waals surface area (Å²) < 4.78 is 6.94. The van der Waals surface area contributed by atoms with Crippen molar-refractivity contribution in [3.8, 4) is 34.3 Å². The minimum atomic E-state index is 0.607. The van der Waals surface area contributed by atoms with E-state index in [-0.39, 0.29) is 0 Å². The first-order valence-corrected chi connectivity index (χ1v) is 18.6. The number of fused-ring (bicyclic) bond motifs is 9. The van der Waals surface area contributed by atoms with Gasteiger partial charge in [-0.3, -0.25) is 4.98 Å². The van der Waals surface area contributed by atoms with Gasteiger partial charge in [0, 0.05) is 50.3 Å². The van der Waals surface area contributed by atoms with Crippen LogP contribution in [-0.2, 0) is 0 Å². The second-order valence-corrected chi connectivity index (χ2v) is 14.5. The van der Waals surface area contributed by atoms with Gasteiger partial charge in [0.1, 0.15) is 11.6 Å². The number of hydrogen-bond acceptors (Lipinski definition) is 2. The number of nitriles is 1. The summed E-state index contributed by atoms with van der Waals surface area (Å²) in [5.74, 6) is 0. The molecule has 0 amide bonds. The van der Waals surface area contributed by atoms with Gasteiger partial charge in [-0.05, 0) is 86.1 Å². The highest BCUT2D eigenvalue weighted by Crippen LogP contribution is 2.42. The highest BCUT2D eigenvalue weighted by Gasteiger charge is 2.24. The van der Waals surface area contributed by atoms with E-state index in [9.17, 15) is 5.26 Å². The Labute approximate surface area is 317 Å². The highest BCUT2D eigenvalue weighted by atomic mass is 15.0. The van der Waals surface area contributed by atoms with Crippen LogP contribution in [-0.4, -0.2) is 18.7 Å². The molecule has 5 heteroatoms. The van der Waals surface area contributed by atoms with E-state index in [2.05, 4.69) is 190 Å². The Morgan fingerprint density at radius 3 is 1.45 bits per heavy atom. The average Bonchev–Trinajstić information content (AvgIpc) is 3.85. The summed E-state index contributed by atoms with van der Waals surface area (Å²) in [6, 6.07) is 56.7. The quantitative estimate of drug-likeness (QED) is 0.183. The maximum absolute atomic E-state index is 11.4. The maximum atomic E-state index is 11.4. The lowest BCUT2D eigenvalue weighted by atomic mass is 9.98. The van der Waals surface area contributed by atoms with Crippen molar-refractivity contribution in [1.29, 1.82) is 5.26 Å². The molecule has 0 atom stereocenters. The third kappa shape index (κ3) is 4.49. The van der Waals surface area contributed by atoms with Gasteiger partial charge in [-0.1, -0.05) is 96.1 Å². The fourth-order valence-electron chi connectivity index (χ4n) is 8.92. The molecule has 0 unspecified atom stereocenters. The normalized spacial score (nSPS) is 11.8. The van der Waals surface area contributed by atoms with E-state index >= 15 is 0 Å². The first-order chi connectivity index (χ1) is 27.1. The van der Waals surface area contributed by atoms with Gasteiger partial charge in [0.25, 0.3) is 0 Å². The number of nitrogens with zero attached hydrogens (tertiary/aromatic N) is 5. The zero-order valence-corrected chi connectivity index (χ0v) is 30.3. The molecule has 0 aliphatic carbocycles. The van der Waals surface area contributed by atoms with Gasteiger partial charge in [-0.2, -0.15) is 5.26 Å². The molecule has 0 aliphatic heterocycles. The van der Waals surface area contributed by atoms with Gasteiger partial charge in [-0.25, -0.2) is 0 Å². The average molecular weight is 704 g/mol. The van der Waals surface area contributed by atoms with Crippen molar-refractivity contribution in [2.75, 3.05) is 0 Å². The van der Waals surface area contributed by atoms with Crippen LogP contribution in [0.4, 0.5) is 0 Å². The standard InChI is InChI=1S/C50H33N5/c1-31-19-21-46-38(25-31)35-12-4-8-16-43(35)54(46)49-27-33(28-50(40(49)29-51)55-44-17-9-5-13-36(44)39-26-32(2)20-22-47(39)55)34-11-3-7-15-42(34)53-45-18-10-6-14-37(45)41-30-52-24-23-48(41)53/h3-28,30H,1-2H3. The van der Waals surface area contributed by atoms with Crippen LogP contribution in [0.2, 0.25) is 0 Å². The number of pyridine rings is 1. The van der Waals surface area contributed by atoms with Gasteiger partial charge < -0.3 is 13.7 Å². The van der Waals surface area contributed by atoms with E-state index in [0.29, 0.717) is 5.56 Å². The molecule has 5 nitrogen and oxygen atoms in total. The van der Waals surface area contributed by atoms with Gasteiger partial charge in [-0.15, -0.1) is 0 Å². The number of aryl methyl sites for hydroxylation is 2. The summed E-state index contributed by atoms with van der Waals surface area (Å²) in [4.78, 5) is 4.51. The molecular formula is C50H33N5. The third-order valence-electron chi connectivity index (χ3n) is 11.3. The molecule has 0 aliphatic rings. The Bertz CT molecular complexity index is 3230. The van der Waals surface area contributed by atoms with Crippen molar-refractivity contribution < 1.29 is 0 Å². The fourth-order valence-corrected chi connectivity index (χ4v) is 8.92. The molecule has 11 rings (SSSR count). The molecule has 258 valence electrons. The first-order valence-electron chi connectivity index (χ1n) is 18.6. The van der Waals surface area contributed by atoms with Crippen LogP contribution >= 0.6 is 0 Å². The zero-order chi connectivity index (χ0) is 36.8. The Balaban J connectivity index is 1.31. The lowest BCUT2D eigenvalue weighted by Gasteiger charge is -2.20. The predicted molar refractivity (Wildman–Crippen MR) is 227 cm³/mol. The number of para-hydroxylation sites is 4. The molecule has 0 spiro atoms. The molecule has 0 N–H and O–H groups in total. The van der Waals surface area contributed by atoms with Crippen LogP contribution in [0.25, 0.3) is 93.6 Å². The van der Waals surface area contributed by atoms with Gasteiger partial charge in [0.15, 0.2) is 0 Å². The molecule has 0 bridgehead atoms. The minimum Gasteiger partial charge on any atom is -0.309 e. The highest BCUT2D eigenvalue weighted by molar-refractivity contribution is 6.12. The van der Waals surface area contributed by atoms with Crippen molar-refractivity contribution in [3.63, 3.8) is 0 Å². The molecule has 0 saturated carbocycles. The summed E-state index contributed by atoms with van der Waals surface area (Å²) in [5, 5.41) is 18.3. The monoisotopic (exact) mass is 703 g/mol. The molecule has 11 aromatic rings. The van der Waals surface area contributed by atoms with Crippen molar-refractivity contribution >= 4 is 65.4 Å². The van der Waals surface area contributed by atoms with Gasteiger partial charge in [0.05, 0.1) is 50.2 Å². The van der Waals surface area contributed by atoms with E-state index in [0.717, 1.165) is 93.6 Å². The van der Waals surface area contributed by atoms with Gasteiger partial charge >= 0.3 is 0 Å². The SMILES string of the molecule is Cc1ccc2c(c1)c1ccccc1n2-c1cc(-c2ccccc2-n2c3ccccc3c3cnccc32)cc(-n2c3ccccc3c3cc(C)ccc32)c1C#N. The summed E-state index contributed by atoms with van der Waals surface area (Å²) >= 11 is 0. The van der Waals surface area contributed by atoms with Crippen LogP contribution in [0, 0.1) is 25.2 Å². The lowest BCUT2D eigenvalue weighted by Crippen LogP contribution is -2.06. The second-order valence-electron chi connectivity index (χ2n) is 14.5. The molecule has 55 heavy (non-hydrogen) atoms. The Kier molecular flexibility index (Phi) is 6.68. The second kappa shape index (κ2) is 11.8. The van der Waals surface area contributed by atoms with Crippen LogP contribution in [0.15, 0.2) is 164 Å². The van der Waals surface area contributed by atoms with Crippen molar-refractivity contribution in [3.05, 3.63) is 181 Å². The molecule has 0 radical (unpaired) electrons. The van der Waals surface area contributed by atoms with E-state index in [4.69, 9.17) is 0 Å². The zero-order valence-electron chi connectivity index (χ0n) is 30.3. The summed E-state index contributed by atoms with van der Waals surface area (Å²) in [6.07, 6.45) is 3.83. The largest absolute Gasteiger partial charge is 0.309 e. The maximum Gasteiger partial charge on any atom is 0.104 e. The van der Waals surface area contributed by atoms with Gasteiger partial charge in [0.2, 0.25) is 0 Å². The van der Waals surface area contributed by atoms with E-state index in [1.54, 1.807) is 0 Å².